The quantitative estimate of drug-likeness (QED) is 0.776. The lowest BCUT2D eigenvalue weighted by Gasteiger charge is -2.41. The number of hydrogen-bond acceptors (Lipinski definition) is 5. The second-order valence-corrected chi connectivity index (χ2v) is 9.42. The first-order chi connectivity index (χ1) is 15.5. The lowest BCUT2D eigenvalue weighted by molar-refractivity contribution is -0.139. The number of aliphatic hydroxyl groups excluding tert-OH is 1. The highest BCUT2D eigenvalue weighted by Gasteiger charge is 2.50. The first kappa shape index (κ1) is 21.2. The predicted octanol–water partition coefficient (Wildman–Crippen LogP) is 4.14. The Kier molecular flexibility index (Phi) is 5.76. The summed E-state index contributed by atoms with van der Waals surface area (Å²) >= 11 is 0. The molecule has 3 heterocycles. The van der Waals surface area contributed by atoms with Crippen molar-refractivity contribution in [2.45, 2.75) is 57.1 Å². The third kappa shape index (κ3) is 4.06. The van der Waals surface area contributed by atoms with Gasteiger partial charge in [0.15, 0.2) is 11.6 Å². The summed E-state index contributed by atoms with van der Waals surface area (Å²) in [7, 11) is 0. The monoisotopic (exact) mass is 439 g/mol. The van der Waals surface area contributed by atoms with Gasteiger partial charge in [-0.05, 0) is 69.2 Å². The number of carbonyl (C=O) groups is 1. The van der Waals surface area contributed by atoms with Crippen LogP contribution in [0.3, 0.4) is 0 Å². The molecule has 1 aromatic carbocycles. The van der Waals surface area contributed by atoms with Crippen molar-refractivity contribution in [3.05, 3.63) is 48.5 Å². The van der Waals surface area contributed by atoms with Crippen molar-refractivity contribution in [2.75, 3.05) is 24.5 Å². The van der Waals surface area contributed by atoms with Crippen LogP contribution in [0.15, 0.2) is 42.7 Å². The number of hydrogen-bond donors (Lipinski definition) is 1. The number of nitrogens with zero attached hydrogens (tertiary/aromatic N) is 3. The number of aliphatic hydroxyl groups is 1. The van der Waals surface area contributed by atoms with Crippen LogP contribution in [0.1, 0.15) is 44.9 Å². The first-order valence-corrected chi connectivity index (χ1v) is 11.7. The van der Waals surface area contributed by atoms with E-state index >= 15 is 0 Å². The van der Waals surface area contributed by atoms with Crippen molar-refractivity contribution < 1.29 is 19.0 Å². The molecule has 1 aromatic heterocycles. The van der Waals surface area contributed by atoms with E-state index in [9.17, 15) is 14.3 Å². The Balaban J connectivity index is 1.29. The maximum atomic E-state index is 14.8. The van der Waals surface area contributed by atoms with Gasteiger partial charge >= 0.3 is 0 Å². The number of pyridine rings is 1. The molecule has 0 radical (unpaired) electrons. The maximum absolute atomic E-state index is 14.8. The summed E-state index contributed by atoms with van der Waals surface area (Å²) in [5, 5.41) is 9.81. The Morgan fingerprint density at radius 3 is 2.72 bits per heavy atom. The molecule has 1 spiro atoms. The smallest absolute Gasteiger partial charge is 0.230 e. The number of aromatic nitrogens is 1. The van der Waals surface area contributed by atoms with Gasteiger partial charge in [-0.25, -0.2) is 4.39 Å². The Bertz CT molecular complexity index is 964. The van der Waals surface area contributed by atoms with Crippen molar-refractivity contribution in [3.8, 4) is 11.5 Å². The van der Waals surface area contributed by atoms with Crippen LogP contribution in [0.2, 0.25) is 0 Å². The molecule has 1 amide bonds. The number of likely N-dealkylation sites (tertiary alicyclic amines) is 1. The van der Waals surface area contributed by atoms with E-state index in [1.807, 2.05) is 6.07 Å². The van der Waals surface area contributed by atoms with Gasteiger partial charge in [-0.15, -0.1) is 0 Å². The van der Waals surface area contributed by atoms with Crippen LogP contribution in [-0.4, -0.2) is 52.7 Å². The Morgan fingerprint density at radius 2 is 1.97 bits per heavy atom. The molecule has 2 saturated heterocycles. The number of halogens is 1. The number of carbonyl (C=O) groups excluding carboxylic acids is 1. The molecule has 7 heteroatoms. The van der Waals surface area contributed by atoms with E-state index in [0.29, 0.717) is 12.3 Å². The van der Waals surface area contributed by atoms with Crippen LogP contribution in [-0.2, 0) is 4.79 Å². The molecule has 1 N–H and O–H groups in total. The van der Waals surface area contributed by atoms with Crippen LogP contribution in [0.5, 0.6) is 11.5 Å². The fourth-order valence-electron chi connectivity index (χ4n) is 5.60. The highest BCUT2D eigenvalue weighted by Crippen LogP contribution is 2.43. The van der Waals surface area contributed by atoms with Gasteiger partial charge in [-0.2, -0.15) is 0 Å². The third-order valence-corrected chi connectivity index (χ3v) is 7.37. The Morgan fingerprint density at radius 1 is 1.12 bits per heavy atom. The normalized spacial score (nSPS) is 28.4. The molecule has 2 aromatic rings. The molecule has 1 atom stereocenters. The van der Waals surface area contributed by atoms with Gasteiger partial charge in [0, 0.05) is 43.6 Å². The van der Waals surface area contributed by atoms with E-state index in [-0.39, 0.29) is 29.2 Å². The fraction of sp³-hybridized carbons (Fsp3) is 0.520. The van der Waals surface area contributed by atoms with Gasteiger partial charge in [0.2, 0.25) is 5.91 Å². The molecule has 6 nitrogen and oxygen atoms in total. The molecular formula is C25H30FN3O3. The average Bonchev–Trinajstić information content (AvgIpc) is 3.12. The molecule has 3 aliphatic rings. The molecule has 1 saturated carbocycles. The summed E-state index contributed by atoms with van der Waals surface area (Å²) in [5.74, 6) is 0.478. The lowest BCUT2D eigenvalue weighted by Crippen LogP contribution is -2.50. The summed E-state index contributed by atoms with van der Waals surface area (Å²) in [6.07, 6.45) is 8.95. The summed E-state index contributed by atoms with van der Waals surface area (Å²) in [6, 6.07) is 8.75. The van der Waals surface area contributed by atoms with E-state index < -0.39 is 5.82 Å². The van der Waals surface area contributed by atoms with Crippen molar-refractivity contribution in [1.82, 2.24) is 9.88 Å². The van der Waals surface area contributed by atoms with Crippen molar-refractivity contribution >= 4 is 11.6 Å². The Labute approximate surface area is 188 Å². The predicted molar refractivity (Wildman–Crippen MR) is 119 cm³/mol. The molecule has 32 heavy (non-hydrogen) atoms. The minimum atomic E-state index is -0.425. The molecule has 2 aliphatic heterocycles. The van der Waals surface area contributed by atoms with Crippen LogP contribution >= 0.6 is 0 Å². The first-order valence-electron chi connectivity index (χ1n) is 11.7. The minimum absolute atomic E-state index is 0.163. The maximum Gasteiger partial charge on any atom is 0.230 e. The van der Waals surface area contributed by atoms with E-state index in [1.54, 1.807) is 30.6 Å². The topological polar surface area (TPSA) is 65.9 Å². The number of piperidine rings is 1. The molecule has 1 aliphatic carbocycles. The summed E-state index contributed by atoms with van der Waals surface area (Å²) in [6.45, 7) is 2.23. The van der Waals surface area contributed by atoms with Crippen LogP contribution in [0.25, 0.3) is 0 Å². The van der Waals surface area contributed by atoms with Crippen LogP contribution < -0.4 is 9.64 Å². The van der Waals surface area contributed by atoms with E-state index in [1.165, 1.54) is 6.07 Å². The van der Waals surface area contributed by atoms with E-state index in [2.05, 4.69) is 14.8 Å². The number of ether oxygens (including phenoxy) is 1. The largest absolute Gasteiger partial charge is 0.453 e. The average molecular weight is 440 g/mol. The number of amides is 1. The van der Waals surface area contributed by atoms with Crippen molar-refractivity contribution in [2.24, 2.45) is 5.41 Å². The molecule has 170 valence electrons. The summed E-state index contributed by atoms with van der Waals surface area (Å²) in [5.41, 5.74) is 0.405. The van der Waals surface area contributed by atoms with Gasteiger partial charge < -0.3 is 19.6 Å². The molecule has 5 rings (SSSR count). The second-order valence-electron chi connectivity index (χ2n) is 9.42. The van der Waals surface area contributed by atoms with E-state index in [0.717, 1.165) is 63.7 Å². The van der Waals surface area contributed by atoms with Gasteiger partial charge in [-0.3, -0.25) is 9.78 Å². The molecule has 0 unspecified atom stereocenters. The van der Waals surface area contributed by atoms with E-state index in [4.69, 9.17) is 4.74 Å². The zero-order chi connectivity index (χ0) is 22.1. The number of benzene rings is 1. The fourth-order valence-corrected chi connectivity index (χ4v) is 5.60. The molecule has 3 fully saturated rings. The number of rotatable bonds is 4. The van der Waals surface area contributed by atoms with Crippen molar-refractivity contribution in [1.29, 1.82) is 0 Å². The SMILES string of the molecule is O=C1N([C@H]2CC[C@H](O)CC2)CC[C@]12CCCN(c1ccc(Oc3cccnc3)c(F)c1)C2. The zero-order valence-electron chi connectivity index (χ0n) is 18.3. The van der Waals surface area contributed by atoms with Gasteiger partial charge in [-0.1, -0.05) is 0 Å². The van der Waals surface area contributed by atoms with Crippen LogP contribution in [0, 0.1) is 11.2 Å². The highest BCUT2D eigenvalue weighted by molar-refractivity contribution is 5.86. The Hall–Kier alpha value is -2.67. The highest BCUT2D eigenvalue weighted by atomic mass is 19.1. The standard InChI is InChI=1S/C25H30FN3O3/c26-22-15-19(6-9-23(22)32-21-3-1-12-27-16-21)28-13-2-10-25(17-28)11-14-29(24(25)31)18-4-7-20(30)8-5-18/h1,3,6,9,12,15-16,18,20,30H,2,4-5,7-8,10-11,13-14,17H2/t18-,20-,25-/m0/s1. The van der Waals surface area contributed by atoms with Crippen molar-refractivity contribution in [3.63, 3.8) is 0 Å². The molecular weight excluding hydrogens is 409 g/mol. The molecule has 0 bridgehead atoms. The second kappa shape index (κ2) is 8.70. The van der Waals surface area contributed by atoms with Gasteiger partial charge in [0.05, 0.1) is 17.7 Å². The minimum Gasteiger partial charge on any atom is -0.453 e. The van der Waals surface area contributed by atoms with Crippen LogP contribution in [0.4, 0.5) is 10.1 Å². The summed E-state index contributed by atoms with van der Waals surface area (Å²) in [4.78, 5) is 21.7. The summed E-state index contributed by atoms with van der Waals surface area (Å²) < 4.78 is 20.4. The lowest BCUT2D eigenvalue weighted by atomic mass is 9.78. The zero-order valence-corrected chi connectivity index (χ0v) is 18.3. The number of anilines is 1. The third-order valence-electron chi connectivity index (χ3n) is 7.37. The van der Waals surface area contributed by atoms with Gasteiger partial charge in [0.1, 0.15) is 5.75 Å². The van der Waals surface area contributed by atoms with Gasteiger partial charge in [0.25, 0.3) is 0 Å².